The van der Waals surface area contributed by atoms with Crippen molar-refractivity contribution in [1.82, 2.24) is 0 Å². The molecule has 0 saturated heterocycles. The van der Waals surface area contributed by atoms with Crippen molar-refractivity contribution in [2.75, 3.05) is 13.2 Å². The highest BCUT2D eigenvalue weighted by Gasteiger charge is 2.19. The molecule has 0 N–H and O–H groups in total. The van der Waals surface area contributed by atoms with Gasteiger partial charge in [-0.1, -0.05) is 360 Å². The summed E-state index contributed by atoms with van der Waals surface area (Å²) in [4.78, 5) is 38.4. The van der Waals surface area contributed by atoms with E-state index in [4.69, 9.17) is 14.2 Å². The highest BCUT2D eigenvalue weighted by atomic mass is 16.6. The first-order valence-corrected chi connectivity index (χ1v) is 35.7. The van der Waals surface area contributed by atoms with Crippen molar-refractivity contribution in [3.8, 4) is 0 Å². The Kier molecular flexibility index (Phi) is 66.0. The van der Waals surface area contributed by atoms with Gasteiger partial charge in [-0.15, -0.1) is 0 Å². The number of hydrogen-bond acceptors (Lipinski definition) is 6. The standard InChI is InChI=1S/C72H138O6/c1-4-7-10-13-16-19-22-25-28-30-32-34-36-38-40-42-44-47-50-53-56-59-62-65-71(74)77-68-69(67-76-70(73)64-61-58-55-52-49-46-27-24-21-18-15-12-9-6-3)78-72(75)66-63-60-57-54-51-48-45-43-41-39-37-35-33-31-29-26-23-20-17-14-11-8-5-2/h30,32,69H,4-29,31,33-68H2,1-3H3/b32-30-. The van der Waals surface area contributed by atoms with Crippen molar-refractivity contribution in [3.05, 3.63) is 12.2 Å². The van der Waals surface area contributed by atoms with Gasteiger partial charge in [0.05, 0.1) is 0 Å². The zero-order chi connectivity index (χ0) is 56.4. The van der Waals surface area contributed by atoms with E-state index < -0.39 is 6.10 Å². The summed E-state index contributed by atoms with van der Waals surface area (Å²) in [6.07, 6.45) is 81.0. The third kappa shape index (κ3) is 65.0. The predicted molar refractivity (Wildman–Crippen MR) is 340 cm³/mol. The van der Waals surface area contributed by atoms with Gasteiger partial charge in [0.25, 0.3) is 0 Å². The second-order valence-corrected chi connectivity index (χ2v) is 24.5. The highest BCUT2D eigenvalue weighted by molar-refractivity contribution is 5.71. The average Bonchev–Trinajstić information content (AvgIpc) is 3.44. The fourth-order valence-electron chi connectivity index (χ4n) is 11.2. The Morgan fingerprint density at radius 1 is 0.244 bits per heavy atom. The summed E-state index contributed by atoms with van der Waals surface area (Å²) in [7, 11) is 0. The number of ether oxygens (including phenoxy) is 3. The van der Waals surface area contributed by atoms with Crippen LogP contribution in [-0.4, -0.2) is 37.2 Å². The van der Waals surface area contributed by atoms with E-state index in [1.807, 2.05) is 0 Å². The number of rotatable bonds is 67. The van der Waals surface area contributed by atoms with E-state index >= 15 is 0 Å². The van der Waals surface area contributed by atoms with Gasteiger partial charge in [-0.25, -0.2) is 0 Å². The molecule has 0 aliphatic heterocycles. The number of carbonyl (C=O) groups is 3. The summed E-state index contributed by atoms with van der Waals surface area (Å²) in [5.41, 5.74) is 0. The van der Waals surface area contributed by atoms with Crippen LogP contribution in [0.1, 0.15) is 412 Å². The van der Waals surface area contributed by atoms with E-state index in [1.165, 1.54) is 315 Å². The molecule has 1 atom stereocenters. The lowest BCUT2D eigenvalue weighted by atomic mass is 10.0. The normalized spacial score (nSPS) is 12.0. The van der Waals surface area contributed by atoms with Crippen LogP contribution in [0.3, 0.4) is 0 Å². The van der Waals surface area contributed by atoms with E-state index in [0.717, 1.165) is 57.8 Å². The van der Waals surface area contributed by atoms with E-state index in [9.17, 15) is 14.4 Å². The van der Waals surface area contributed by atoms with Crippen molar-refractivity contribution in [1.29, 1.82) is 0 Å². The zero-order valence-electron chi connectivity index (χ0n) is 53.2. The Morgan fingerprint density at radius 2 is 0.423 bits per heavy atom. The molecule has 0 aliphatic carbocycles. The Balaban J connectivity index is 4.23. The molecule has 0 aromatic heterocycles. The molecule has 6 nitrogen and oxygen atoms in total. The van der Waals surface area contributed by atoms with Crippen LogP contribution in [0, 0.1) is 0 Å². The largest absolute Gasteiger partial charge is 0.462 e. The molecular weight excluding hydrogens is 961 g/mol. The maximum atomic E-state index is 13.0. The van der Waals surface area contributed by atoms with E-state index in [2.05, 4.69) is 32.9 Å². The fraction of sp³-hybridized carbons (Fsp3) is 0.931. The summed E-state index contributed by atoms with van der Waals surface area (Å²) in [5, 5.41) is 0. The maximum Gasteiger partial charge on any atom is 0.306 e. The molecule has 78 heavy (non-hydrogen) atoms. The third-order valence-electron chi connectivity index (χ3n) is 16.5. The Labute approximate surface area is 488 Å². The zero-order valence-corrected chi connectivity index (χ0v) is 53.2. The second-order valence-electron chi connectivity index (χ2n) is 24.5. The molecule has 0 saturated carbocycles. The number of esters is 3. The molecule has 462 valence electrons. The minimum atomic E-state index is -0.766. The molecule has 1 unspecified atom stereocenters. The third-order valence-corrected chi connectivity index (χ3v) is 16.5. The molecule has 0 heterocycles. The van der Waals surface area contributed by atoms with E-state index in [1.54, 1.807) is 0 Å². The molecule has 0 bridgehead atoms. The average molecular weight is 1100 g/mol. The molecule has 0 fully saturated rings. The monoisotopic (exact) mass is 1100 g/mol. The van der Waals surface area contributed by atoms with Crippen LogP contribution in [0.2, 0.25) is 0 Å². The fourth-order valence-corrected chi connectivity index (χ4v) is 11.2. The summed E-state index contributed by atoms with van der Waals surface area (Å²) in [6, 6.07) is 0. The Morgan fingerprint density at radius 3 is 0.641 bits per heavy atom. The molecule has 0 amide bonds. The van der Waals surface area contributed by atoms with Crippen LogP contribution in [-0.2, 0) is 28.6 Å². The minimum Gasteiger partial charge on any atom is -0.462 e. The smallest absolute Gasteiger partial charge is 0.306 e. The van der Waals surface area contributed by atoms with Crippen molar-refractivity contribution in [2.45, 2.75) is 419 Å². The van der Waals surface area contributed by atoms with Gasteiger partial charge in [0, 0.05) is 19.3 Å². The lowest BCUT2D eigenvalue weighted by Crippen LogP contribution is -2.30. The Hall–Kier alpha value is -1.85. The second kappa shape index (κ2) is 67.7. The van der Waals surface area contributed by atoms with Crippen molar-refractivity contribution in [2.24, 2.45) is 0 Å². The van der Waals surface area contributed by atoms with Crippen LogP contribution >= 0.6 is 0 Å². The number of carbonyl (C=O) groups excluding carboxylic acids is 3. The SMILES string of the molecule is CCCCCCCCCC/C=C\CCCCCCCCCCCCCC(=O)OCC(COC(=O)CCCCCCCCCCCCCCCC)OC(=O)CCCCCCCCCCCCCCCCCCCCCCCCC. The molecule has 0 aromatic rings. The van der Waals surface area contributed by atoms with Gasteiger partial charge in [-0.3, -0.25) is 14.4 Å². The van der Waals surface area contributed by atoms with Gasteiger partial charge in [0.2, 0.25) is 0 Å². The van der Waals surface area contributed by atoms with Crippen LogP contribution in [0.4, 0.5) is 0 Å². The lowest BCUT2D eigenvalue weighted by molar-refractivity contribution is -0.167. The van der Waals surface area contributed by atoms with Gasteiger partial charge in [-0.2, -0.15) is 0 Å². The molecule has 0 spiro atoms. The summed E-state index contributed by atoms with van der Waals surface area (Å²) in [5.74, 6) is -0.827. The van der Waals surface area contributed by atoms with Gasteiger partial charge in [0.1, 0.15) is 13.2 Å². The molecule has 0 aliphatic rings. The quantitative estimate of drug-likeness (QED) is 0.0261. The van der Waals surface area contributed by atoms with Gasteiger partial charge >= 0.3 is 17.9 Å². The van der Waals surface area contributed by atoms with Crippen LogP contribution in [0.25, 0.3) is 0 Å². The first-order valence-electron chi connectivity index (χ1n) is 35.7. The van der Waals surface area contributed by atoms with Crippen molar-refractivity contribution in [3.63, 3.8) is 0 Å². The van der Waals surface area contributed by atoms with Crippen LogP contribution < -0.4 is 0 Å². The van der Waals surface area contributed by atoms with E-state index in [0.29, 0.717) is 19.3 Å². The van der Waals surface area contributed by atoms with Crippen molar-refractivity contribution < 1.29 is 28.6 Å². The summed E-state index contributed by atoms with van der Waals surface area (Å²) in [6.45, 7) is 6.73. The molecular formula is C72H138O6. The maximum absolute atomic E-state index is 13.0. The molecule has 0 rings (SSSR count). The van der Waals surface area contributed by atoms with Gasteiger partial charge in [0.15, 0.2) is 6.10 Å². The molecule has 0 radical (unpaired) electrons. The molecule has 6 heteroatoms. The van der Waals surface area contributed by atoms with Crippen LogP contribution in [0.15, 0.2) is 12.2 Å². The van der Waals surface area contributed by atoms with E-state index in [-0.39, 0.29) is 31.1 Å². The molecule has 0 aromatic carbocycles. The minimum absolute atomic E-state index is 0.0629. The predicted octanol–water partition coefficient (Wildman–Crippen LogP) is 24.4. The number of hydrogen-bond donors (Lipinski definition) is 0. The van der Waals surface area contributed by atoms with Gasteiger partial charge < -0.3 is 14.2 Å². The first-order chi connectivity index (χ1) is 38.5. The number of unbranched alkanes of at least 4 members (excludes halogenated alkanes) is 54. The van der Waals surface area contributed by atoms with Crippen molar-refractivity contribution >= 4 is 17.9 Å². The topological polar surface area (TPSA) is 78.9 Å². The summed E-state index contributed by atoms with van der Waals surface area (Å²) < 4.78 is 17.0. The highest BCUT2D eigenvalue weighted by Crippen LogP contribution is 2.19. The first kappa shape index (κ1) is 76.1. The Bertz CT molecular complexity index is 1210. The number of allylic oxidation sites excluding steroid dienone is 2. The van der Waals surface area contributed by atoms with Gasteiger partial charge in [-0.05, 0) is 44.9 Å². The summed E-state index contributed by atoms with van der Waals surface area (Å²) >= 11 is 0. The van der Waals surface area contributed by atoms with Crippen LogP contribution in [0.5, 0.6) is 0 Å². The lowest BCUT2D eigenvalue weighted by Gasteiger charge is -2.18.